The number of rotatable bonds is 8. The molecular formula is C14H19N3O2S2. The lowest BCUT2D eigenvalue weighted by atomic mass is 10.3. The van der Waals surface area contributed by atoms with Crippen LogP contribution in [0.15, 0.2) is 40.9 Å². The molecular weight excluding hydrogens is 306 g/mol. The highest BCUT2D eigenvalue weighted by Gasteiger charge is 2.18. The molecule has 0 aliphatic rings. The molecule has 0 saturated heterocycles. The topological polar surface area (TPSA) is 71.1 Å². The van der Waals surface area contributed by atoms with Gasteiger partial charge in [0.25, 0.3) is 0 Å². The summed E-state index contributed by atoms with van der Waals surface area (Å²) in [7, 11) is -3.54. The molecule has 5 nitrogen and oxygen atoms in total. The van der Waals surface area contributed by atoms with Crippen molar-refractivity contribution in [1.29, 1.82) is 0 Å². The lowest BCUT2D eigenvalue weighted by Gasteiger charge is -2.12. The highest BCUT2D eigenvalue weighted by molar-refractivity contribution is 7.89. The van der Waals surface area contributed by atoms with Gasteiger partial charge in [0.1, 0.15) is 4.90 Å². The molecule has 0 aliphatic heterocycles. The number of pyridine rings is 1. The largest absolute Gasteiger partial charge is 0.384 e. The molecule has 2 aromatic rings. The summed E-state index contributed by atoms with van der Waals surface area (Å²) >= 11 is 1.62. The minimum atomic E-state index is -3.54. The second-order valence-electron chi connectivity index (χ2n) is 4.53. The average Bonchev–Trinajstić information content (AvgIpc) is 2.98. The van der Waals surface area contributed by atoms with Crippen LogP contribution in [0.4, 0.5) is 5.69 Å². The van der Waals surface area contributed by atoms with E-state index >= 15 is 0 Å². The Hall–Kier alpha value is -1.44. The number of anilines is 1. The molecule has 2 rings (SSSR count). The molecule has 2 aromatic heterocycles. The average molecular weight is 325 g/mol. The molecule has 7 heteroatoms. The summed E-state index contributed by atoms with van der Waals surface area (Å²) < 4.78 is 27.3. The number of nitrogens with one attached hydrogen (secondary N) is 2. The Morgan fingerprint density at radius 2 is 2.14 bits per heavy atom. The molecule has 0 saturated carbocycles. The molecule has 0 spiro atoms. The third kappa shape index (κ3) is 4.52. The van der Waals surface area contributed by atoms with Gasteiger partial charge in [-0.05, 0) is 30.4 Å². The predicted molar refractivity (Wildman–Crippen MR) is 86.2 cm³/mol. The van der Waals surface area contributed by atoms with Crippen molar-refractivity contribution in [3.63, 3.8) is 0 Å². The van der Waals surface area contributed by atoms with Crippen molar-refractivity contribution in [3.05, 3.63) is 40.8 Å². The first kappa shape index (κ1) is 15.9. The van der Waals surface area contributed by atoms with Crippen LogP contribution in [0.5, 0.6) is 0 Å². The maximum absolute atomic E-state index is 12.4. The van der Waals surface area contributed by atoms with E-state index in [1.54, 1.807) is 23.6 Å². The van der Waals surface area contributed by atoms with E-state index in [2.05, 4.69) is 15.0 Å². The van der Waals surface area contributed by atoms with Gasteiger partial charge in [-0.25, -0.2) is 13.1 Å². The first-order chi connectivity index (χ1) is 10.1. The van der Waals surface area contributed by atoms with E-state index in [-0.39, 0.29) is 4.90 Å². The monoisotopic (exact) mass is 325 g/mol. The van der Waals surface area contributed by atoms with Gasteiger partial charge in [0.15, 0.2) is 0 Å². The normalized spacial score (nSPS) is 11.5. The number of hydrogen-bond donors (Lipinski definition) is 2. The fourth-order valence-electron chi connectivity index (χ4n) is 1.84. The third-order valence-corrected chi connectivity index (χ3v) is 5.31. The molecule has 0 aromatic carbocycles. The maximum atomic E-state index is 12.4. The molecule has 0 unspecified atom stereocenters. The third-order valence-electron chi connectivity index (χ3n) is 2.88. The number of nitrogens with zero attached hydrogens (tertiary/aromatic N) is 1. The maximum Gasteiger partial charge on any atom is 0.244 e. The summed E-state index contributed by atoms with van der Waals surface area (Å²) in [4.78, 5) is 5.28. The van der Waals surface area contributed by atoms with Gasteiger partial charge in [-0.1, -0.05) is 13.0 Å². The molecule has 0 radical (unpaired) electrons. The summed E-state index contributed by atoms with van der Waals surface area (Å²) in [6.07, 6.45) is 4.58. The standard InChI is InChI=1S/C14H19N3O2S2/c1-2-7-16-13-6-8-15-11-14(13)21(18,19)17-9-5-12-4-3-10-20-12/h3-4,6,8,10-11,17H,2,5,7,9H2,1H3,(H,15,16). The Balaban J connectivity index is 2.04. The highest BCUT2D eigenvalue weighted by Crippen LogP contribution is 2.19. The summed E-state index contributed by atoms with van der Waals surface area (Å²) in [6.45, 7) is 3.13. The lowest BCUT2D eigenvalue weighted by molar-refractivity contribution is 0.581. The highest BCUT2D eigenvalue weighted by atomic mass is 32.2. The van der Waals surface area contributed by atoms with E-state index in [0.717, 1.165) is 17.8 Å². The van der Waals surface area contributed by atoms with E-state index in [1.807, 2.05) is 24.4 Å². The van der Waals surface area contributed by atoms with E-state index in [9.17, 15) is 8.42 Å². The number of sulfonamides is 1. The van der Waals surface area contributed by atoms with Crippen molar-refractivity contribution >= 4 is 27.0 Å². The summed E-state index contributed by atoms with van der Waals surface area (Å²) in [5, 5.41) is 5.10. The van der Waals surface area contributed by atoms with E-state index < -0.39 is 10.0 Å². The van der Waals surface area contributed by atoms with Crippen LogP contribution in [0, 0.1) is 0 Å². The molecule has 0 amide bonds. The van der Waals surface area contributed by atoms with Crippen molar-refractivity contribution in [2.75, 3.05) is 18.4 Å². The van der Waals surface area contributed by atoms with Crippen LogP contribution in [-0.4, -0.2) is 26.5 Å². The molecule has 2 N–H and O–H groups in total. The Bertz CT molecular complexity index is 655. The Kier molecular flexibility index (Phi) is 5.72. The zero-order chi connectivity index (χ0) is 15.1. The fourth-order valence-corrected chi connectivity index (χ4v) is 3.71. The van der Waals surface area contributed by atoms with Crippen molar-refractivity contribution in [1.82, 2.24) is 9.71 Å². The smallest absolute Gasteiger partial charge is 0.244 e. The van der Waals surface area contributed by atoms with Gasteiger partial charge in [-0.2, -0.15) is 0 Å². The van der Waals surface area contributed by atoms with Crippen LogP contribution in [0.3, 0.4) is 0 Å². The van der Waals surface area contributed by atoms with Crippen LogP contribution < -0.4 is 10.0 Å². The number of hydrogen-bond acceptors (Lipinski definition) is 5. The van der Waals surface area contributed by atoms with Crippen molar-refractivity contribution < 1.29 is 8.42 Å². The van der Waals surface area contributed by atoms with E-state index in [4.69, 9.17) is 0 Å². The Morgan fingerprint density at radius 3 is 2.86 bits per heavy atom. The van der Waals surface area contributed by atoms with Crippen molar-refractivity contribution in [2.24, 2.45) is 0 Å². The van der Waals surface area contributed by atoms with E-state index in [1.165, 1.54) is 6.20 Å². The molecule has 0 fully saturated rings. The van der Waals surface area contributed by atoms with E-state index in [0.29, 0.717) is 18.7 Å². The Morgan fingerprint density at radius 1 is 1.29 bits per heavy atom. The van der Waals surface area contributed by atoms with Gasteiger partial charge in [0.2, 0.25) is 10.0 Å². The second-order valence-corrected chi connectivity index (χ2v) is 7.29. The van der Waals surface area contributed by atoms with Crippen molar-refractivity contribution in [2.45, 2.75) is 24.7 Å². The van der Waals surface area contributed by atoms with Gasteiger partial charge in [-0.3, -0.25) is 4.98 Å². The van der Waals surface area contributed by atoms with Crippen molar-refractivity contribution in [3.8, 4) is 0 Å². The first-order valence-corrected chi connectivity index (χ1v) is 9.19. The number of aromatic nitrogens is 1. The summed E-state index contributed by atoms with van der Waals surface area (Å²) in [5.74, 6) is 0. The first-order valence-electron chi connectivity index (χ1n) is 6.83. The van der Waals surface area contributed by atoms with Crippen LogP contribution in [0.25, 0.3) is 0 Å². The molecule has 2 heterocycles. The molecule has 0 aliphatic carbocycles. The zero-order valence-electron chi connectivity index (χ0n) is 11.9. The van der Waals surface area contributed by atoms with Gasteiger partial charge < -0.3 is 5.32 Å². The van der Waals surface area contributed by atoms with Crippen LogP contribution in [0.1, 0.15) is 18.2 Å². The van der Waals surface area contributed by atoms with Gasteiger partial charge in [-0.15, -0.1) is 11.3 Å². The molecule has 114 valence electrons. The van der Waals surface area contributed by atoms with Crippen LogP contribution >= 0.6 is 11.3 Å². The molecule has 21 heavy (non-hydrogen) atoms. The lowest BCUT2D eigenvalue weighted by Crippen LogP contribution is -2.26. The van der Waals surface area contributed by atoms with Gasteiger partial charge in [0, 0.05) is 30.4 Å². The van der Waals surface area contributed by atoms with Gasteiger partial charge in [0.05, 0.1) is 5.69 Å². The van der Waals surface area contributed by atoms with Crippen LogP contribution in [0.2, 0.25) is 0 Å². The van der Waals surface area contributed by atoms with Crippen LogP contribution in [-0.2, 0) is 16.4 Å². The van der Waals surface area contributed by atoms with Gasteiger partial charge >= 0.3 is 0 Å². The minimum Gasteiger partial charge on any atom is -0.384 e. The fraction of sp³-hybridized carbons (Fsp3) is 0.357. The number of thiophene rings is 1. The SMILES string of the molecule is CCCNc1ccncc1S(=O)(=O)NCCc1cccs1. The zero-order valence-corrected chi connectivity index (χ0v) is 13.5. The Labute approximate surface area is 129 Å². The molecule has 0 atom stereocenters. The predicted octanol–water partition coefficient (Wildman–Crippen LogP) is 2.49. The summed E-state index contributed by atoms with van der Waals surface area (Å²) in [5.41, 5.74) is 0.593. The minimum absolute atomic E-state index is 0.199. The quantitative estimate of drug-likeness (QED) is 0.782. The molecule has 0 bridgehead atoms. The summed E-state index contributed by atoms with van der Waals surface area (Å²) in [6, 6.07) is 5.64. The second kappa shape index (κ2) is 7.53.